The molecule has 0 aliphatic rings. The Balaban J connectivity index is 1.94. The molecule has 0 amide bonds. The Morgan fingerprint density at radius 1 is 1.32 bits per heavy atom. The quantitative estimate of drug-likeness (QED) is 0.847. The largest absolute Gasteiger partial charge is 0.299 e. The van der Waals surface area contributed by atoms with Gasteiger partial charge in [-0.15, -0.1) is 0 Å². The number of carbonyl (C=O) groups is 1. The van der Waals surface area contributed by atoms with E-state index in [1.165, 1.54) is 0 Å². The first-order chi connectivity index (χ1) is 9.06. The summed E-state index contributed by atoms with van der Waals surface area (Å²) in [7, 11) is 1.86. The molecule has 0 spiro atoms. The first kappa shape index (κ1) is 14.1. The number of hydrogen-bond donors (Lipinski definition) is 0. The van der Waals surface area contributed by atoms with E-state index >= 15 is 0 Å². The number of hydrogen-bond acceptors (Lipinski definition) is 2. The summed E-state index contributed by atoms with van der Waals surface area (Å²) < 4.78 is 1.73. The minimum absolute atomic E-state index is 0.124. The minimum atomic E-state index is 0.124. The van der Waals surface area contributed by atoms with E-state index in [4.69, 9.17) is 23.2 Å². The van der Waals surface area contributed by atoms with Crippen LogP contribution in [-0.4, -0.2) is 15.6 Å². The second-order valence-electron chi connectivity index (χ2n) is 4.44. The van der Waals surface area contributed by atoms with Crippen molar-refractivity contribution in [3.05, 3.63) is 51.8 Å². The lowest BCUT2D eigenvalue weighted by Crippen LogP contribution is -2.05. The first-order valence-corrected chi connectivity index (χ1v) is 6.74. The summed E-state index contributed by atoms with van der Waals surface area (Å²) in [5, 5.41) is 5.16. The highest BCUT2D eigenvalue weighted by Gasteiger charge is 2.11. The molecule has 19 heavy (non-hydrogen) atoms. The summed E-state index contributed by atoms with van der Waals surface area (Å²) in [4.78, 5) is 12.0. The van der Waals surface area contributed by atoms with Gasteiger partial charge in [0.2, 0.25) is 0 Å². The van der Waals surface area contributed by atoms with Crippen LogP contribution >= 0.6 is 23.2 Å². The van der Waals surface area contributed by atoms with Crippen molar-refractivity contribution in [2.24, 2.45) is 7.05 Å². The highest BCUT2D eigenvalue weighted by Crippen LogP contribution is 2.25. The van der Waals surface area contributed by atoms with Crippen LogP contribution in [0.1, 0.15) is 17.5 Å². The predicted molar refractivity (Wildman–Crippen MR) is 76.7 cm³/mol. The number of Topliss-reactive ketones (excluding diaryl/α,β-unsaturated/α-hetero) is 1. The van der Waals surface area contributed by atoms with Crippen molar-refractivity contribution in [2.75, 3.05) is 0 Å². The van der Waals surface area contributed by atoms with Gasteiger partial charge in [0.15, 0.2) is 0 Å². The molecule has 2 aromatic rings. The van der Waals surface area contributed by atoms with E-state index < -0.39 is 0 Å². The average molecular weight is 297 g/mol. The van der Waals surface area contributed by atoms with Gasteiger partial charge in [-0.2, -0.15) is 5.10 Å². The Morgan fingerprint density at radius 3 is 2.58 bits per heavy atom. The zero-order chi connectivity index (χ0) is 13.8. The average Bonchev–Trinajstić information content (AvgIpc) is 2.77. The van der Waals surface area contributed by atoms with Gasteiger partial charge in [-0.05, 0) is 29.7 Å². The molecule has 0 atom stereocenters. The summed E-state index contributed by atoms with van der Waals surface area (Å²) >= 11 is 12.1. The third kappa shape index (κ3) is 3.82. The molecule has 2 rings (SSSR count). The zero-order valence-corrected chi connectivity index (χ0v) is 12.1. The summed E-state index contributed by atoms with van der Waals surface area (Å²) in [6, 6.07) is 5.27. The smallest absolute Gasteiger partial charge is 0.137 e. The lowest BCUT2D eigenvalue weighted by atomic mass is 10.0. The van der Waals surface area contributed by atoms with Crippen LogP contribution in [0.25, 0.3) is 0 Å². The number of rotatable bonds is 5. The van der Waals surface area contributed by atoms with Crippen LogP contribution in [0, 0.1) is 0 Å². The maximum atomic E-state index is 12.0. The van der Waals surface area contributed by atoms with Crippen molar-refractivity contribution in [3.8, 4) is 0 Å². The van der Waals surface area contributed by atoms with Gasteiger partial charge in [-0.1, -0.05) is 29.3 Å². The van der Waals surface area contributed by atoms with Crippen molar-refractivity contribution < 1.29 is 4.79 Å². The standard InChI is InChI=1S/C14H14Cl2N2O/c1-18-9-10(8-17-18)5-6-11(19)7-12-13(15)3-2-4-14(12)16/h2-4,8-9H,5-7H2,1H3. The summed E-state index contributed by atoms with van der Waals surface area (Å²) in [5.74, 6) is 0.124. The van der Waals surface area contributed by atoms with Crippen LogP contribution in [0.15, 0.2) is 30.6 Å². The molecule has 0 saturated carbocycles. The molecule has 1 aromatic heterocycles. The highest BCUT2D eigenvalue weighted by molar-refractivity contribution is 6.36. The molecule has 0 unspecified atom stereocenters. The lowest BCUT2D eigenvalue weighted by Gasteiger charge is -2.05. The zero-order valence-electron chi connectivity index (χ0n) is 10.6. The number of nitrogens with zero attached hydrogens (tertiary/aromatic N) is 2. The SMILES string of the molecule is Cn1cc(CCC(=O)Cc2c(Cl)cccc2Cl)cn1. The van der Waals surface area contributed by atoms with Crippen LogP contribution in [0.3, 0.4) is 0 Å². The molecular formula is C14H14Cl2N2O. The van der Waals surface area contributed by atoms with Crippen molar-refractivity contribution in [1.82, 2.24) is 9.78 Å². The molecular weight excluding hydrogens is 283 g/mol. The Bertz CT molecular complexity index is 573. The molecule has 0 radical (unpaired) electrons. The van der Waals surface area contributed by atoms with Gasteiger partial charge in [0, 0.05) is 36.1 Å². The van der Waals surface area contributed by atoms with Crippen LogP contribution < -0.4 is 0 Å². The number of aromatic nitrogens is 2. The minimum Gasteiger partial charge on any atom is -0.299 e. The Morgan fingerprint density at radius 2 is 2.00 bits per heavy atom. The van der Waals surface area contributed by atoms with E-state index in [2.05, 4.69) is 5.10 Å². The fraction of sp³-hybridized carbons (Fsp3) is 0.286. The van der Waals surface area contributed by atoms with Gasteiger partial charge in [-0.3, -0.25) is 9.48 Å². The van der Waals surface area contributed by atoms with Gasteiger partial charge in [0.05, 0.1) is 6.20 Å². The number of halogens is 2. The van der Waals surface area contributed by atoms with E-state index in [0.717, 1.165) is 5.56 Å². The summed E-state index contributed by atoms with van der Waals surface area (Å²) in [6.45, 7) is 0. The van der Waals surface area contributed by atoms with Crippen molar-refractivity contribution in [3.63, 3.8) is 0 Å². The number of benzene rings is 1. The molecule has 0 N–H and O–H groups in total. The molecule has 0 saturated heterocycles. The summed E-state index contributed by atoms with van der Waals surface area (Å²) in [6.07, 6.45) is 5.12. The van der Waals surface area contributed by atoms with Crippen LogP contribution in [0.5, 0.6) is 0 Å². The normalized spacial score (nSPS) is 10.7. The van der Waals surface area contributed by atoms with Gasteiger partial charge in [0.1, 0.15) is 5.78 Å². The Kier molecular flexibility index (Phi) is 4.61. The molecule has 100 valence electrons. The molecule has 0 fully saturated rings. The van der Waals surface area contributed by atoms with Crippen molar-refractivity contribution in [1.29, 1.82) is 0 Å². The molecule has 0 aliphatic carbocycles. The third-order valence-corrected chi connectivity index (χ3v) is 3.59. The fourth-order valence-corrected chi connectivity index (χ4v) is 2.40. The number of carbonyl (C=O) groups excluding carboxylic acids is 1. The van der Waals surface area contributed by atoms with E-state index in [1.807, 2.05) is 13.2 Å². The summed E-state index contributed by atoms with van der Waals surface area (Å²) in [5.41, 5.74) is 1.77. The fourth-order valence-electron chi connectivity index (χ4n) is 1.87. The second kappa shape index (κ2) is 6.22. The Hall–Kier alpha value is -1.32. The topological polar surface area (TPSA) is 34.9 Å². The van der Waals surface area contributed by atoms with E-state index in [-0.39, 0.29) is 12.2 Å². The Labute approximate surface area is 122 Å². The second-order valence-corrected chi connectivity index (χ2v) is 5.25. The van der Waals surface area contributed by atoms with Crippen molar-refractivity contribution in [2.45, 2.75) is 19.3 Å². The molecule has 0 aliphatic heterocycles. The lowest BCUT2D eigenvalue weighted by molar-refractivity contribution is -0.118. The predicted octanol–water partition coefficient (Wildman–Crippen LogP) is 3.47. The number of ketones is 1. The maximum absolute atomic E-state index is 12.0. The van der Waals surface area contributed by atoms with E-state index in [9.17, 15) is 4.79 Å². The monoisotopic (exact) mass is 296 g/mol. The van der Waals surface area contributed by atoms with Crippen LogP contribution in [0.2, 0.25) is 10.0 Å². The molecule has 0 bridgehead atoms. The van der Waals surface area contributed by atoms with E-state index in [0.29, 0.717) is 28.5 Å². The highest BCUT2D eigenvalue weighted by atomic mass is 35.5. The molecule has 1 aromatic carbocycles. The van der Waals surface area contributed by atoms with Gasteiger partial charge in [-0.25, -0.2) is 0 Å². The van der Waals surface area contributed by atoms with E-state index in [1.54, 1.807) is 29.1 Å². The molecule has 1 heterocycles. The first-order valence-electron chi connectivity index (χ1n) is 5.98. The van der Waals surface area contributed by atoms with Crippen molar-refractivity contribution >= 4 is 29.0 Å². The van der Waals surface area contributed by atoms with Crippen LogP contribution in [0.4, 0.5) is 0 Å². The molecule has 5 heteroatoms. The number of aryl methyl sites for hydroxylation is 2. The van der Waals surface area contributed by atoms with Gasteiger partial charge >= 0.3 is 0 Å². The van der Waals surface area contributed by atoms with Gasteiger partial charge in [0.25, 0.3) is 0 Å². The molecule has 3 nitrogen and oxygen atoms in total. The third-order valence-electron chi connectivity index (χ3n) is 2.89. The van der Waals surface area contributed by atoms with Crippen LogP contribution in [-0.2, 0) is 24.7 Å². The van der Waals surface area contributed by atoms with Gasteiger partial charge < -0.3 is 0 Å². The maximum Gasteiger partial charge on any atom is 0.137 e.